The maximum atomic E-state index is 13.6. The molecule has 0 N–H and O–H groups in total. The van der Waals surface area contributed by atoms with E-state index in [-0.39, 0.29) is 17.6 Å². The number of piperidine rings is 1. The van der Waals surface area contributed by atoms with Gasteiger partial charge in [0.15, 0.2) is 0 Å². The molecule has 8 nitrogen and oxygen atoms in total. The molecule has 1 amide bonds. The van der Waals surface area contributed by atoms with Crippen LogP contribution < -0.4 is 4.90 Å². The van der Waals surface area contributed by atoms with Gasteiger partial charge >= 0.3 is 0 Å². The summed E-state index contributed by atoms with van der Waals surface area (Å²) in [4.78, 5) is 28.9. The minimum Gasteiger partial charge on any atom is -0.356 e. The summed E-state index contributed by atoms with van der Waals surface area (Å²) in [5, 5.41) is 4.04. The lowest BCUT2D eigenvalue weighted by Crippen LogP contribution is -2.53. The largest absolute Gasteiger partial charge is 0.356 e. The molecule has 0 radical (unpaired) electrons. The van der Waals surface area contributed by atoms with Gasteiger partial charge in [-0.15, -0.1) is 0 Å². The van der Waals surface area contributed by atoms with Crippen LogP contribution in [0.3, 0.4) is 0 Å². The first-order valence-electron chi connectivity index (χ1n) is 12.3. The predicted molar refractivity (Wildman–Crippen MR) is 131 cm³/mol. The third kappa shape index (κ3) is 5.05. The summed E-state index contributed by atoms with van der Waals surface area (Å²) >= 11 is 0. The number of rotatable bonds is 5. The fraction of sp³-hybridized carbons (Fsp3) is 0.462. The highest BCUT2D eigenvalue weighted by atomic mass is 19.1. The molecular weight excluding hydrogens is 447 g/mol. The predicted octanol–water partition coefficient (Wildman–Crippen LogP) is 3.71. The first-order chi connectivity index (χ1) is 17.0. The summed E-state index contributed by atoms with van der Waals surface area (Å²) in [6.07, 6.45) is 3.32. The molecule has 2 saturated heterocycles. The maximum absolute atomic E-state index is 13.6. The monoisotopic (exact) mass is 478 g/mol. The van der Waals surface area contributed by atoms with E-state index in [4.69, 9.17) is 4.52 Å². The smallest absolute Gasteiger partial charge is 0.261 e. The Morgan fingerprint density at radius 2 is 1.83 bits per heavy atom. The number of hydrogen-bond donors (Lipinski definition) is 0. The molecule has 35 heavy (non-hydrogen) atoms. The van der Waals surface area contributed by atoms with Crippen molar-refractivity contribution < 1.29 is 13.7 Å². The molecular formula is C26H31FN6O2. The average molecular weight is 479 g/mol. The van der Waals surface area contributed by atoms with Gasteiger partial charge in [0.1, 0.15) is 11.6 Å². The van der Waals surface area contributed by atoms with Gasteiger partial charge in [0.25, 0.3) is 5.89 Å². The summed E-state index contributed by atoms with van der Waals surface area (Å²) in [6.45, 7) is 9.39. The number of piperazine rings is 1. The van der Waals surface area contributed by atoms with Crippen molar-refractivity contribution in [3.05, 3.63) is 48.4 Å². The third-order valence-electron chi connectivity index (χ3n) is 7.03. The number of anilines is 1. The number of hydrogen-bond acceptors (Lipinski definition) is 7. The molecule has 9 heteroatoms. The third-order valence-corrected chi connectivity index (χ3v) is 7.03. The van der Waals surface area contributed by atoms with Gasteiger partial charge in [0.05, 0.1) is 5.56 Å². The first-order valence-corrected chi connectivity index (χ1v) is 12.3. The lowest BCUT2D eigenvalue weighted by Gasteiger charge is -2.40. The molecule has 2 aliphatic rings. The van der Waals surface area contributed by atoms with Crippen molar-refractivity contribution in [3.63, 3.8) is 0 Å². The van der Waals surface area contributed by atoms with E-state index in [0.29, 0.717) is 23.3 Å². The highest BCUT2D eigenvalue weighted by Gasteiger charge is 2.32. The van der Waals surface area contributed by atoms with Gasteiger partial charge < -0.3 is 14.3 Å². The number of nitrogens with zero attached hydrogens (tertiary/aromatic N) is 6. The summed E-state index contributed by atoms with van der Waals surface area (Å²) in [7, 11) is 0. The molecule has 2 aliphatic heterocycles. The van der Waals surface area contributed by atoms with E-state index in [1.54, 1.807) is 18.3 Å². The number of carbonyl (C=O) groups is 1. The molecule has 2 aromatic heterocycles. The van der Waals surface area contributed by atoms with E-state index in [1.807, 2.05) is 17.0 Å². The molecule has 1 aromatic carbocycles. The van der Waals surface area contributed by atoms with E-state index < -0.39 is 0 Å². The zero-order chi connectivity index (χ0) is 24.4. The Hall–Kier alpha value is -3.33. The van der Waals surface area contributed by atoms with E-state index in [1.165, 1.54) is 12.1 Å². The second kappa shape index (κ2) is 10.1. The van der Waals surface area contributed by atoms with Gasteiger partial charge in [-0.25, -0.2) is 9.37 Å². The van der Waals surface area contributed by atoms with Gasteiger partial charge in [-0.3, -0.25) is 9.69 Å². The summed E-state index contributed by atoms with van der Waals surface area (Å²) in [5.74, 6) is 1.41. The minimum atomic E-state index is -0.352. The number of halogens is 1. The molecule has 4 heterocycles. The molecule has 0 spiro atoms. The van der Waals surface area contributed by atoms with Crippen LogP contribution in [0.4, 0.5) is 10.2 Å². The van der Waals surface area contributed by atoms with E-state index in [9.17, 15) is 9.18 Å². The van der Waals surface area contributed by atoms with Gasteiger partial charge in [0.2, 0.25) is 11.7 Å². The topological polar surface area (TPSA) is 78.6 Å². The van der Waals surface area contributed by atoms with Gasteiger partial charge in [-0.05, 0) is 51.0 Å². The van der Waals surface area contributed by atoms with E-state index >= 15 is 0 Å². The number of aromatic nitrogens is 3. The van der Waals surface area contributed by atoms with E-state index in [2.05, 4.69) is 38.8 Å². The van der Waals surface area contributed by atoms with Crippen molar-refractivity contribution in [1.29, 1.82) is 0 Å². The van der Waals surface area contributed by atoms with Crippen molar-refractivity contribution >= 4 is 11.7 Å². The first kappa shape index (κ1) is 23.4. The van der Waals surface area contributed by atoms with Crippen molar-refractivity contribution in [2.75, 3.05) is 44.2 Å². The number of amides is 1. The molecule has 5 rings (SSSR count). The number of pyridine rings is 1. The van der Waals surface area contributed by atoms with Gasteiger partial charge in [0, 0.05) is 63.0 Å². The standard InChI is InChI=1S/C26H31FN6O2/c1-18(2)31-13-15-33(16-14-31)26(34)19-8-11-32(12-9-19)24-22(7-4-10-28-24)25-29-23(30-35-25)20-5-3-6-21(27)17-20/h3-7,10,17-19H,8-9,11-16H2,1-2H3. The van der Waals surface area contributed by atoms with Crippen molar-refractivity contribution in [3.8, 4) is 22.8 Å². The zero-order valence-electron chi connectivity index (χ0n) is 20.2. The highest BCUT2D eigenvalue weighted by molar-refractivity contribution is 5.79. The van der Waals surface area contributed by atoms with Crippen LogP contribution in [-0.2, 0) is 4.79 Å². The van der Waals surface area contributed by atoms with Crippen LogP contribution in [0.1, 0.15) is 26.7 Å². The molecule has 2 fully saturated rings. The van der Waals surface area contributed by atoms with Crippen LogP contribution in [0.5, 0.6) is 0 Å². The Bertz CT molecular complexity index is 1170. The normalized spacial score (nSPS) is 17.8. The molecule has 0 bridgehead atoms. The Morgan fingerprint density at radius 3 is 2.54 bits per heavy atom. The van der Waals surface area contributed by atoms with Gasteiger partial charge in [-0.2, -0.15) is 4.98 Å². The Morgan fingerprint density at radius 1 is 1.06 bits per heavy atom. The van der Waals surface area contributed by atoms with Gasteiger partial charge in [-0.1, -0.05) is 17.3 Å². The molecule has 3 aromatic rings. The Balaban J connectivity index is 1.25. The lowest BCUT2D eigenvalue weighted by molar-refractivity contribution is -0.138. The average Bonchev–Trinajstić information content (AvgIpc) is 3.39. The molecule has 0 aliphatic carbocycles. The SMILES string of the molecule is CC(C)N1CCN(C(=O)C2CCN(c3ncccc3-c3nc(-c4cccc(F)c4)no3)CC2)CC1. The fourth-order valence-corrected chi connectivity index (χ4v) is 4.95. The van der Waals surface area contributed by atoms with E-state index in [0.717, 1.165) is 63.5 Å². The number of carbonyl (C=O) groups excluding carboxylic acids is 1. The Kier molecular flexibility index (Phi) is 6.77. The quantitative estimate of drug-likeness (QED) is 0.553. The van der Waals surface area contributed by atoms with Crippen LogP contribution in [0.2, 0.25) is 0 Å². The summed E-state index contributed by atoms with van der Waals surface area (Å²) in [5.41, 5.74) is 1.29. The molecule has 184 valence electrons. The van der Waals surface area contributed by atoms with Crippen LogP contribution >= 0.6 is 0 Å². The van der Waals surface area contributed by atoms with Crippen molar-refractivity contribution in [2.45, 2.75) is 32.7 Å². The van der Waals surface area contributed by atoms with Crippen molar-refractivity contribution in [2.24, 2.45) is 5.92 Å². The molecule has 0 unspecified atom stereocenters. The minimum absolute atomic E-state index is 0.0481. The second-order valence-corrected chi connectivity index (χ2v) is 9.52. The fourth-order valence-electron chi connectivity index (χ4n) is 4.95. The summed E-state index contributed by atoms with van der Waals surface area (Å²) < 4.78 is 19.1. The zero-order valence-corrected chi connectivity index (χ0v) is 20.2. The summed E-state index contributed by atoms with van der Waals surface area (Å²) in [6, 6.07) is 10.4. The van der Waals surface area contributed by atoms with Crippen LogP contribution in [0.25, 0.3) is 22.8 Å². The highest BCUT2D eigenvalue weighted by Crippen LogP contribution is 2.32. The lowest BCUT2D eigenvalue weighted by atomic mass is 9.94. The van der Waals surface area contributed by atoms with Crippen LogP contribution in [-0.4, -0.2) is 76.1 Å². The second-order valence-electron chi connectivity index (χ2n) is 9.52. The van der Waals surface area contributed by atoms with Crippen LogP contribution in [0.15, 0.2) is 47.1 Å². The van der Waals surface area contributed by atoms with Crippen molar-refractivity contribution in [1.82, 2.24) is 24.9 Å². The van der Waals surface area contributed by atoms with Crippen LogP contribution in [0, 0.1) is 11.7 Å². The Labute approximate surface area is 204 Å². The maximum Gasteiger partial charge on any atom is 0.261 e. The molecule has 0 saturated carbocycles. The number of benzene rings is 1. The molecule has 0 atom stereocenters.